The van der Waals surface area contributed by atoms with E-state index in [1.165, 1.54) is 13.8 Å². The molecule has 100 heavy (non-hydrogen) atoms. The van der Waals surface area contributed by atoms with E-state index in [1.54, 1.807) is 0 Å². The minimum absolute atomic E-state index is 0.0164. The third-order valence-corrected chi connectivity index (χ3v) is 25.5. The van der Waals surface area contributed by atoms with Crippen molar-refractivity contribution >= 4 is 0 Å². The maximum absolute atomic E-state index is 13.0. The first-order valence-corrected chi connectivity index (χ1v) is 35.4. The third kappa shape index (κ3) is 14.8. The van der Waals surface area contributed by atoms with Gasteiger partial charge in [-0.25, -0.2) is 0 Å². The van der Waals surface area contributed by atoms with Crippen LogP contribution in [0.3, 0.4) is 0 Å². The SMILES string of the molecule is C[C@H](CCC(O[C@@H]1O[C@H](CO[C@@H]2O[C@H](CO)[C@@H](O)[C@H](O)[C@H]2O)[C@@H](O)[C@H](O)[C@H]1O[C@@H]1O[C@H](CO)[C@@H](O)[C@H](O)[C@H]1O)C(C)(C)O)[C@H]1CC[C@@]2(C)[C@@H]3CC=C4[C@@H](CC[C@H](O[C@@H]5O[C@H](CO[C@@H]6O[C@H](CO)[C@@H](O)[C@H](O)[C@H]6O)[C@@H](O)[C@H](O)[C@H]5O[C@@H]5C[C@H](CO)[C@@H](O)[C@H](O)[C@H]5O)C4(C)C)[C@]3(C)[C@H](O)C[C@]12C. The second-order valence-electron chi connectivity index (χ2n) is 32.0. The van der Waals surface area contributed by atoms with E-state index >= 15 is 0 Å². The minimum Gasteiger partial charge on any atom is -0.396 e. The maximum Gasteiger partial charge on any atom is 0.187 e. The van der Waals surface area contributed by atoms with Crippen LogP contribution in [0.15, 0.2) is 11.6 Å². The number of rotatable bonds is 23. The summed E-state index contributed by atoms with van der Waals surface area (Å²) in [5.41, 5.74) is -2.93. The van der Waals surface area contributed by atoms with Crippen molar-refractivity contribution in [1.82, 2.24) is 0 Å². The quantitative estimate of drug-likeness (QED) is 0.0423. The van der Waals surface area contributed by atoms with Gasteiger partial charge in [0.05, 0.1) is 69.2 Å². The monoisotopic (exact) mass is 1450 g/mol. The molecule has 40 atom stereocenters. The standard InChI is InChI=1S/C67H114O33/c1-25(9-13-39(64(4,5)89)99-62-57(100-60-55(88)50(83)44(77)33(22-71)95-60)52(85)46(79)35(97-62)24-91-59-54(87)49(82)43(76)32(21-70)94-59)27-15-16-65(6)36-12-10-28-29(67(36,8)37(72)18-66(27,65)7)11-14-38(63(28,2)3)98-61-56(92-30-17-26(19-68)40(73)47(80)41(30)74)51(84)45(78)34(96-61)23-90-58-53(86)48(81)42(75)31(20-69)93-58/h10,25-27,29-62,68-89H,9,11-24H2,1-8H3/t25-,26-,27-,29-,30-,31-,32-,33-,34-,35-,36+,37-,38+,39?,40-,41+,42-,43-,44-,45-,46-,47+,48+,49+,50+,51+,52+,53-,54-,55-,56-,57-,58-,59-,60+,61+,62+,65+,66-,67+/m1/s1. The summed E-state index contributed by atoms with van der Waals surface area (Å²) in [5, 5.41) is 240. The number of aliphatic hydroxyl groups excluding tert-OH is 21. The lowest BCUT2D eigenvalue weighted by molar-refractivity contribution is -0.380. The molecule has 9 fully saturated rings. The molecule has 10 rings (SSSR count). The van der Waals surface area contributed by atoms with Gasteiger partial charge in [-0.05, 0) is 106 Å². The lowest BCUT2D eigenvalue weighted by Gasteiger charge is -2.67. The molecule has 5 aliphatic heterocycles. The average Bonchev–Trinajstić information content (AvgIpc) is 1.33. The van der Waals surface area contributed by atoms with Crippen molar-refractivity contribution in [3.8, 4) is 0 Å². The minimum atomic E-state index is -1.98. The Balaban J connectivity index is 0.853. The van der Waals surface area contributed by atoms with Gasteiger partial charge in [0.15, 0.2) is 31.5 Å². The Bertz CT molecular complexity index is 2670. The third-order valence-electron chi connectivity index (χ3n) is 25.5. The van der Waals surface area contributed by atoms with Gasteiger partial charge in [-0.3, -0.25) is 0 Å². The largest absolute Gasteiger partial charge is 0.396 e. The van der Waals surface area contributed by atoms with Crippen LogP contribution in [0.5, 0.6) is 0 Å². The highest BCUT2D eigenvalue weighted by molar-refractivity contribution is 5.32. The molecule has 5 saturated heterocycles. The van der Waals surface area contributed by atoms with Crippen molar-refractivity contribution in [2.45, 2.75) is 315 Å². The lowest BCUT2D eigenvalue weighted by Crippen LogP contribution is -2.66. The fourth-order valence-electron chi connectivity index (χ4n) is 18.9. The molecule has 1 unspecified atom stereocenters. The highest BCUT2D eigenvalue weighted by atomic mass is 16.8. The summed E-state index contributed by atoms with van der Waals surface area (Å²) in [6.45, 7) is 11.6. The summed E-state index contributed by atoms with van der Waals surface area (Å²) in [4.78, 5) is 0. The molecule has 10 aliphatic rings. The maximum atomic E-state index is 13.0. The van der Waals surface area contributed by atoms with Gasteiger partial charge >= 0.3 is 0 Å². The summed E-state index contributed by atoms with van der Waals surface area (Å²) >= 11 is 0. The molecule has 22 N–H and O–H groups in total. The van der Waals surface area contributed by atoms with Crippen LogP contribution in [-0.4, -0.2) is 354 Å². The summed E-state index contributed by atoms with van der Waals surface area (Å²) in [5.74, 6) is -1.22. The number of hydrogen-bond acceptors (Lipinski definition) is 33. The van der Waals surface area contributed by atoms with Crippen LogP contribution in [0, 0.1) is 51.2 Å². The van der Waals surface area contributed by atoms with Gasteiger partial charge in [0, 0.05) is 23.4 Å². The Morgan fingerprint density at radius 1 is 0.490 bits per heavy atom. The van der Waals surface area contributed by atoms with E-state index in [0.717, 1.165) is 18.4 Å². The van der Waals surface area contributed by atoms with Crippen LogP contribution < -0.4 is 0 Å². The topological polar surface area (TPSA) is 547 Å². The van der Waals surface area contributed by atoms with Crippen molar-refractivity contribution in [2.75, 3.05) is 39.6 Å². The Kier molecular flexibility index (Phi) is 25.5. The van der Waals surface area contributed by atoms with Gasteiger partial charge in [-0.2, -0.15) is 0 Å². The molecule has 5 aliphatic carbocycles. The van der Waals surface area contributed by atoms with Crippen molar-refractivity contribution in [2.24, 2.45) is 51.2 Å². The Hall–Kier alpha value is -1.58. The fourth-order valence-corrected chi connectivity index (χ4v) is 18.9. The lowest BCUT2D eigenvalue weighted by atomic mass is 9.38. The predicted octanol–water partition coefficient (Wildman–Crippen LogP) is -6.92. The van der Waals surface area contributed by atoms with Crippen molar-refractivity contribution in [1.29, 1.82) is 0 Å². The first kappa shape index (κ1) is 80.9. The second kappa shape index (κ2) is 31.6. The van der Waals surface area contributed by atoms with E-state index in [9.17, 15) is 112 Å². The Labute approximate surface area is 580 Å². The van der Waals surface area contributed by atoms with Crippen LogP contribution in [0.25, 0.3) is 0 Å². The van der Waals surface area contributed by atoms with Crippen LogP contribution >= 0.6 is 0 Å². The molecule has 0 amide bonds. The predicted molar refractivity (Wildman–Crippen MR) is 336 cm³/mol. The van der Waals surface area contributed by atoms with Gasteiger partial charge in [0.1, 0.15) is 134 Å². The van der Waals surface area contributed by atoms with Gasteiger partial charge in [-0.1, -0.05) is 53.2 Å². The van der Waals surface area contributed by atoms with E-state index in [1.807, 2.05) is 13.8 Å². The number of aliphatic hydroxyl groups is 22. The molecule has 0 spiro atoms. The molecule has 5 heterocycles. The smallest absolute Gasteiger partial charge is 0.187 e. The summed E-state index contributed by atoms with van der Waals surface area (Å²) in [6.07, 6.45) is -45.7. The van der Waals surface area contributed by atoms with Crippen LogP contribution in [0.1, 0.15) is 113 Å². The molecule has 0 aromatic rings. The zero-order chi connectivity index (χ0) is 73.5. The van der Waals surface area contributed by atoms with E-state index in [2.05, 4.69) is 33.8 Å². The number of ether oxygens (including phenoxy) is 11. The molecule has 0 aromatic carbocycles. The van der Waals surface area contributed by atoms with Gasteiger partial charge in [-0.15, -0.1) is 0 Å². The zero-order valence-corrected chi connectivity index (χ0v) is 57.9. The second-order valence-corrected chi connectivity index (χ2v) is 32.0. The number of fused-ring (bicyclic) bond motifs is 5. The van der Waals surface area contributed by atoms with Crippen LogP contribution in [-0.2, 0) is 52.1 Å². The molecule has 0 radical (unpaired) electrons. The molecular formula is C67H114O33. The van der Waals surface area contributed by atoms with E-state index < -0.39 is 264 Å². The summed E-state index contributed by atoms with van der Waals surface area (Å²) in [6, 6.07) is 0. The molecule has 0 bridgehead atoms. The normalized spacial score (nSPS) is 52.1. The molecule has 580 valence electrons. The van der Waals surface area contributed by atoms with E-state index in [0.29, 0.717) is 32.1 Å². The average molecular weight is 1450 g/mol. The van der Waals surface area contributed by atoms with E-state index in [4.69, 9.17) is 52.1 Å². The summed E-state index contributed by atoms with van der Waals surface area (Å²) < 4.78 is 66.7. The first-order valence-electron chi connectivity index (χ1n) is 35.4. The van der Waals surface area contributed by atoms with Gasteiger partial charge < -0.3 is 164 Å². The summed E-state index contributed by atoms with van der Waals surface area (Å²) in [7, 11) is 0. The Morgan fingerprint density at radius 2 is 0.960 bits per heavy atom. The highest BCUT2D eigenvalue weighted by Gasteiger charge is 2.71. The fraction of sp³-hybridized carbons (Fsp3) is 0.970. The zero-order valence-electron chi connectivity index (χ0n) is 57.9. The molecule has 33 heteroatoms. The molecule has 33 nitrogen and oxygen atoms in total. The first-order chi connectivity index (χ1) is 46.9. The van der Waals surface area contributed by atoms with Gasteiger partial charge in [0.25, 0.3) is 0 Å². The molecule has 0 aromatic heterocycles. The van der Waals surface area contributed by atoms with Crippen molar-refractivity contribution in [3.05, 3.63) is 11.6 Å². The van der Waals surface area contributed by atoms with E-state index in [-0.39, 0.29) is 41.9 Å². The Morgan fingerprint density at radius 3 is 1.47 bits per heavy atom. The van der Waals surface area contributed by atoms with Crippen LogP contribution in [0.2, 0.25) is 0 Å². The molecular weight excluding hydrogens is 1330 g/mol. The van der Waals surface area contributed by atoms with Gasteiger partial charge in [0.2, 0.25) is 0 Å². The van der Waals surface area contributed by atoms with Crippen molar-refractivity contribution in [3.63, 3.8) is 0 Å². The van der Waals surface area contributed by atoms with Crippen molar-refractivity contribution < 1.29 is 164 Å². The highest BCUT2D eigenvalue weighted by Crippen LogP contribution is 2.75. The van der Waals surface area contributed by atoms with Crippen LogP contribution in [0.4, 0.5) is 0 Å². The number of hydrogen-bond donors (Lipinski definition) is 22. The molecule has 4 saturated carbocycles. The number of allylic oxidation sites excluding steroid dienone is 1.